The number of aliphatic hydroxyl groups is 1. The molecule has 0 amide bonds. The maximum atomic E-state index is 10.7. The fourth-order valence-corrected chi connectivity index (χ4v) is 5.74. The van der Waals surface area contributed by atoms with Crippen LogP contribution in [0.1, 0.15) is 13.3 Å². The highest BCUT2D eigenvalue weighted by Crippen LogP contribution is 2.67. The second-order valence-corrected chi connectivity index (χ2v) is 15.2. The lowest BCUT2D eigenvalue weighted by atomic mass is 10.5. The Kier molecular flexibility index (Phi) is 10.2. The topological polar surface area (TPSA) is 334 Å². The van der Waals surface area contributed by atoms with E-state index in [1.54, 1.807) is 0 Å². The molecule has 0 aromatic heterocycles. The first kappa shape index (κ1) is 29.9. The minimum atomic E-state index is -5.21. The summed E-state index contributed by atoms with van der Waals surface area (Å²) < 4.78 is 52.6. The molecule has 1 atom stereocenters. The predicted octanol–water partition coefficient (Wildman–Crippen LogP) is -2.47. The fraction of sp³-hybridized carbons (Fsp3) is 1.00. The van der Waals surface area contributed by atoms with Crippen molar-refractivity contribution in [2.75, 3.05) is 0 Å². The summed E-state index contributed by atoms with van der Waals surface area (Å²) in [5, 5.41) is 2.86. The van der Waals surface area contributed by atoms with E-state index in [2.05, 4.69) is 0 Å². The van der Waals surface area contributed by atoms with Gasteiger partial charge in [0.2, 0.25) is 0 Å². The molecule has 13 N–H and O–H groups in total. The van der Waals surface area contributed by atoms with Crippen molar-refractivity contribution in [1.29, 1.82) is 0 Å². The molecule has 0 radical (unpaired) electrons. The molecule has 0 rings (SSSR count). The smallest absolute Gasteiger partial charge is 0.368 e. The van der Waals surface area contributed by atoms with E-state index in [1.807, 2.05) is 0 Å². The second-order valence-electron chi connectivity index (χ2n) is 5.11. The van der Waals surface area contributed by atoms with Gasteiger partial charge >= 0.3 is 38.0 Å². The van der Waals surface area contributed by atoms with Gasteiger partial charge in [0.1, 0.15) is 5.78 Å². The minimum absolute atomic E-state index is 0.383. The van der Waals surface area contributed by atoms with Gasteiger partial charge < -0.3 is 59.8 Å². The summed E-state index contributed by atoms with van der Waals surface area (Å²) in [5.41, 5.74) is 4.90. The molecule has 166 valence electrons. The van der Waals surface area contributed by atoms with E-state index in [0.717, 1.165) is 0 Å². The Morgan fingerprint density at radius 3 is 1.07 bits per heavy atom. The lowest BCUT2D eigenvalue weighted by molar-refractivity contribution is 0.146. The molecule has 0 saturated carbocycles. The van der Waals surface area contributed by atoms with Gasteiger partial charge in [0.25, 0.3) is 5.08 Å². The number of rotatable bonds is 7. The molecule has 1 unspecified atom stereocenters. The van der Waals surface area contributed by atoms with Crippen LogP contribution in [0.5, 0.6) is 0 Å². The SMILES string of the molecule is CC(O)(P(=O)(O)O)P(=O)(O)O.NC(CC(P(=O)(O)O)P(=O)(O)O)P(=O)(O)O. The van der Waals surface area contributed by atoms with Gasteiger partial charge in [0.15, 0.2) is 5.40 Å². The van der Waals surface area contributed by atoms with Crippen LogP contribution in [-0.4, -0.2) is 70.3 Å². The van der Waals surface area contributed by atoms with Crippen LogP contribution in [0.4, 0.5) is 0 Å². The molecule has 22 heteroatoms. The molecule has 0 fully saturated rings. The van der Waals surface area contributed by atoms with E-state index < -0.39 is 60.7 Å². The highest BCUT2D eigenvalue weighted by molar-refractivity contribution is 7.72. The van der Waals surface area contributed by atoms with Crippen molar-refractivity contribution in [2.24, 2.45) is 5.73 Å². The summed E-state index contributed by atoms with van der Waals surface area (Å²) in [5.74, 6) is -2.04. The van der Waals surface area contributed by atoms with Gasteiger partial charge in [-0.05, 0) is 13.3 Å². The van der Waals surface area contributed by atoms with Crippen LogP contribution in [0, 0.1) is 0 Å². The van der Waals surface area contributed by atoms with Gasteiger partial charge in [-0.25, -0.2) is 0 Å². The number of nitrogens with two attached hydrogens (primary N) is 1. The van der Waals surface area contributed by atoms with Crippen LogP contribution in [-0.2, 0) is 22.8 Å². The summed E-state index contributed by atoms with van der Waals surface area (Å²) in [7, 11) is -25.7. The van der Waals surface area contributed by atoms with Crippen molar-refractivity contribution in [1.82, 2.24) is 0 Å². The molecule has 0 aliphatic rings. The van der Waals surface area contributed by atoms with Gasteiger partial charge in [-0.3, -0.25) is 22.8 Å². The minimum Gasteiger partial charge on any atom is -0.368 e. The first-order valence-corrected chi connectivity index (χ1v) is 14.3. The second kappa shape index (κ2) is 9.22. The zero-order valence-corrected chi connectivity index (χ0v) is 17.6. The van der Waals surface area contributed by atoms with Crippen molar-refractivity contribution in [3.63, 3.8) is 0 Å². The van der Waals surface area contributed by atoms with Gasteiger partial charge in [-0.15, -0.1) is 0 Å². The van der Waals surface area contributed by atoms with E-state index in [-0.39, 0.29) is 0 Å². The molecule has 0 aromatic carbocycles. The first-order chi connectivity index (χ1) is 11.3. The summed E-state index contributed by atoms with van der Waals surface area (Å²) in [6, 6.07) is 0. The van der Waals surface area contributed by atoms with E-state index in [1.165, 1.54) is 0 Å². The van der Waals surface area contributed by atoms with Crippen molar-refractivity contribution in [3.05, 3.63) is 0 Å². The Morgan fingerprint density at radius 1 is 0.704 bits per heavy atom. The van der Waals surface area contributed by atoms with Crippen molar-refractivity contribution < 1.29 is 76.9 Å². The average Bonchev–Trinajstić information content (AvgIpc) is 2.29. The van der Waals surface area contributed by atoms with E-state index in [4.69, 9.17) is 59.8 Å². The van der Waals surface area contributed by atoms with Gasteiger partial charge in [0, 0.05) is 0 Å². The Bertz CT molecular complexity index is 684. The van der Waals surface area contributed by atoms with Crippen LogP contribution in [0.25, 0.3) is 0 Å². The third kappa shape index (κ3) is 9.81. The molecule has 17 nitrogen and oxygen atoms in total. The zero-order valence-electron chi connectivity index (χ0n) is 13.1. The summed E-state index contributed by atoms with van der Waals surface area (Å²) in [6.07, 6.45) is -1.18. The van der Waals surface area contributed by atoms with Crippen molar-refractivity contribution in [2.45, 2.75) is 29.6 Å². The van der Waals surface area contributed by atoms with Crippen LogP contribution >= 0.6 is 38.0 Å². The quantitative estimate of drug-likeness (QED) is 0.159. The molecule has 0 spiro atoms. The van der Waals surface area contributed by atoms with Crippen LogP contribution < -0.4 is 5.73 Å². The lowest BCUT2D eigenvalue weighted by Gasteiger charge is -2.24. The average molecular weight is 505 g/mol. The van der Waals surface area contributed by atoms with Gasteiger partial charge in [-0.2, -0.15) is 0 Å². The summed E-state index contributed by atoms with van der Waals surface area (Å²) >= 11 is 0. The van der Waals surface area contributed by atoms with Crippen LogP contribution in [0.2, 0.25) is 0 Å². The Morgan fingerprint density at radius 2 is 0.963 bits per heavy atom. The zero-order chi connectivity index (χ0) is 22.9. The lowest BCUT2D eigenvalue weighted by Crippen LogP contribution is -2.26. The summed E-state index contributed by atoms with van der Waals surface area (Å²) in [4.78, 5) is 84.6. The third-order valence-electron chi connectivity index (χ3n) is 2.76. The highest BCUT2D eigenvalue weighted by atomic mass is 31.2. The largest absolute Gasteiger partial charge is 0.369 e. The highest BCUT2D eigenvalue weighted by Gasteiger charge is 2.55. The van der Waals surface area contributed by atoms with E-state index in [9.17, 15) is 22.8 Å². The molecule has 0 aliphatic heterocycles. The Labute approximate surface area is 151 Å². The number of hydrogen-bond acceptors (Lipinski definition) is 7. The molecule has 0 bridgehead atoms. The van der Waals surface area contributed by atoms with Crippen molar-refractivity contribution >= 4 is 38.0 Å². The molecule has 0 aromatic rings. The van der Waals surface area contributed by atoms with Crippen LogP contribution in [0.3, 0.4) is 0 Å². The Hall–Kier alpha value is 0.670. The Balaban J connectivity index is 0. The molecular formula is C5H20NO16P5. The van der Waals surface area contributed by atoms with E-state index >= 15 is 0 Å². The monoisotopic (exact) mass is 505 g/mol. The molecule has 0 saturated heterocycles. The van der Waals surface area contributed by atoms with Gasteiger partial charge in [0.05, 0.1) is 0 Å². The maximum absolute atomic E-state index is 10.7. The molecular weight excluding hydrogens is 485 g/mol. The fourth-order valence-electron chi connectivity index (χ4n) is 0.994. The summed E-state index contributed by atoms with van der Waals surface area (Å²) in [6.45, 7) is 0.383. The number of hydrogen-bond donors (Lipinski definition) is 12. The standard InChI is InChI=1S/C3H12NO9P3.C2H8O7P2/c4-2(14(5,6)7)1-3(15(8,9)10)16(11,12)13;1-2(3,10(4,5)6)11(7,8)9/h2-3H,1,4H2,(H2,5,6,7)(H2,8,9,10)(H2,11,12,13);3H,1H3,(H2,4,5,6)(H2,7,8,9). The maximum Gasteiger partial charge on any atom is 0.369 e. The van der Waals surface area contributed by atoms with Crippen LogP contribution in [0.15, 0.2) is 0 Å². The van der Waals surface area contributed by atoms with Gasteiger partial charge in [-0.1, -0.05) is 0 Å². The first-order valence-electron chi connectivity index (χ1n) is 6.01. The third-order valence-corrected chi connectivity index (χ3v) is 11.4. The predicted molar refractivity (Wildman–Crippen MR) is 87.2 cm³/mol. The molecule has 0 aliphatic carbocycles. The molecule has 27 heavy (non-hydrogen) atoms. The normalized spacial score (nSPS) is 15.9. The van der Waals surface area contributed by atoms with E-state index in [0.29, 0.717) is 6.92 Å². The molecule has 0 heterocycles. The van der Waals surface area contributed by atoms with Crippen molar-refractivity contribution in [3.8, 4) is 0 Å².